The van der Waals surface area contributed by atoms with Gasteiger partial charge in [-0.25, -0.2) is 13.3 Å². The molecule has 1 aromatic carbocycles. The van der Waals surface area contributed by atoms with E-state index >= 15 is 0 Å². The second-order valence-electron chi connectivity index (χ2n) is 7.11. The lowest BCUT2D eigenvalue weighted by atomic mass is 10.2. The third-order valence-electron chi connectivity index (χ3n) is 5.48. The van der Waals surface area contributed by atoms with Crippen molar-refractivity contribution in [3.63, 3.8) is 0 Å². The highest BCUT2D eigenvalue weighted by molar-refractivity contribution is 7.89. The molecule has 1 unspecified atom stereocenters. The van der Waals surface area contributed by atoms with Gasteiger partial charge in [-0.05, 0) is 24.3 Å². The molecule has 0 bridgehead atoms. The largest absolute Gasteiger partial charge is 0.379 e. The second-order valence-corrected chi connectivity index (χ2v) is 9.04. The number of nitrogens with zero attached hydrogens (tertiary/aromatic N) is 2. The van der Waals surface area contributed by atoms with E-state index in [1.807, 2.05) is 0 Å². The van der Waals surface area contributed by atoms with E-state index in [0.29, 0.717) is 58.3 Å². The smallest absolute Gasteiger partial charge is 0.292 e. The monoisotopic (exact) mass is 410 g/mol. The van der Waals surface area contributed by atoms with Gasteiger partial charge in [0.05, 0.1) is 43.4 Å². The Balaban J connectivity index is 1.52. The van der Waals surface area contributed by atoms with Crippen molar-refractivity contribution in [3.8, 4) is 0 Å². The Kier molecular flexibility index (Phi) is 5.48. The maximum Gasteiger partial charge on any atom is 0.292 e. The van der Waals surface area contributed by atoms with Gasteiger partial charge in [0, 0.05) is 13.1 Å². The van der Waals surface area contributed by atoms with Gasteiger partial charge in [-0.3, -0.25) is 9.59 Å². The third-order valence-corrected chi connectivity index (χ3v) is 7.39. The summed E-state index contributed by atoms with van der Waals surface area (Å²) in [5, 5.41) is 0. The summed E-state index contributed by atoms with van der Waals surface area (Å²) in [5.41, 5.74) is 0.408. The molecule has 3 fully saturated rings. The summed E-state index contributed by atoms with van der Waals surface area (Å²) in [5.74, 6) is -0.483. The number of anilines is 1. The SMILES string of the molecule is O=C1CC([NH+]2CCOCC2)C(=O)N1c1ccc(S(=O)(=O)N2CCOCC2)cc1. The molecule has 0 aromatic heterocycles. The van der Waals surface area contributed by atoms with Crippen molar-refractivity contribution in [2.75, 3.05) is 57.5 Å². The van der Waals surface area contributed by atoms with Crippen molar-refractivity contribution >= 4 is 27.5 Å². The molecule has 3 heterocycles. The number of quaternary nitrogens is 1. The van der Waals surface area contributed by atoms with Crippen LogP contribution < -0.4 is 9.80 Å². The number of imide groups is 1. The second kappa shape index (κ2) is 7.88. The molecular weight excluding hydrogens is 386 g/mol. The van der Waals surface area contributed by atoms with Gasteiger partial charge >= 0.3 is 0 Å². The lowest BCUT2D eigenvalue weighted by Crippen LogP contribution is -3.18. The minimum absolute atomic E-state index is 0.146. The number of ether oxygens (including phenoxy) is 2. The molecule has 1 N–H and O–H groups in total. The summed E-state index contributed by atoms with van der Waals surface area (Å²) in [6, 6.07) is 5.57. The molecule has 152 valence electrons. The number of morpholine rings is 2. The number of sulfonamides is 1. The number of benzene rings is 1. The Hall–Kier alpha value is -1.85. The number of hydrogen-bond donors (Lipinski definition) is 1. The molecule has 1 atom stereocenters. The van der Waals surface area contributed by atoms with Crippen molar-refractivity contribution in [1.82, 2.24) is 4.31 Å². The number of carbonyl (C=O) groups is 2. The maximum absolute atomic E-state index is 12.8. The normalized spacial score (nSPS) is 25.4. The molecule has 28 heavy (non-hydrogen) atoms. The fourth-order valence-corrected chi connectivity index (χ4v) is 5.32. The molecule has 3 aliphatic rings. The van der Waals surface area contributed by atoms with Crippen molar-refractivity contribution in [3.05, 3.63) is 24.3 Å². The molecule has 0 saturated carbocycles. The van der Waals surface area contributed by atoms with Gasteiger partial charge in [0.1, 0.15) is 13.1 Å². The van der Waals surface area contributed by atoms with E-state index in [-0.39, 0.29) is 23.1 Å². The van der Waals surface area contributed by atoms with E-state index in [9.17, 15) is 18.0 Å². The zero-order valence-electron chi connectivity index (χ0n) is 15.5. The fourth-order valence-electron chi connectivity index (χ4n) is 3.91. The van der Waals surface area contributed by atoms with Crippen LogP contribution in [0.1, 0.15) is 6.42 Å². The zero-order valence-corrected chi connectivity index (χ0v) is 16.3. The Morgan fingerprint density at radius 1 is 0.929 bits per heavy atom. The van der Waals surface area contributed by atoms with Gasteiger partial charge in [0.2, 0.25) is 15.9 Å². The van der Waals surface area contributed by atoms with E-state index in [0.717, 1.165) is 4.90 Å². The van der Waals surface area contributed by atoms with E-state index in [1.165, 1.54) is 33.5 Å². The van der Waals surface area contributed by atoms with E-state index in [4.69, 9.17) is 9.47 Å². The molecule has 4 rings (SSSR count). The zero-order chi connectivity index (χ0) is 19.7. The quantitative estimate of drug-likeness (QED) is 0.592. The topological polar surface area (TPSA) is 97.7 Å². The highest BCUT2D eigenvalue weighted by Gasteiger charge is 2.46. The Morgan fingerprint density at radius 2 is 1.54 bits per heavy atom. The van der Waals surface area contributed by atoms with Gasteiger partial charge in [-0.15, -0.1) is 0 Å². The van der Waals surface area contributed by atoms with Crippen LogP contribution in [0.15, 0.2) is 29.2 Å². The average molecular weight is 410 g/mol. The van der Waals surface area contributed by atoms with Crippen LogP contribution in [-0.4, -0.2) is 83.2 Å². The van der Waals surface area contributed by atoms with Crippen LogP contribution in [0.25, 0.3) is 0 Å². The van der Waals surface area contributed by atoms with Crippen molar-refractivity contribution in [1.29, 1.82) is 0 Å². The fraction of sp³-hybridized carbons (Fsp3) is 0.556. The first-order valence-corrected chi connectivity index (χ1v) is 10.9. The van der Waals surface area contributed by atoms with Gasteiger partial charge in [0.25, 0.3) is 5.91 Å². The number of hydrogen-bond acceptors (Lipinski definition) is 6. The summed E-state index contributed by atoms with van der Waals surface area (Å²) in [7, 11) is -3.61. The Bertz CT molecular complexity index is 845. The molecular formula is C18H24N3O6S+. The predicted octanol–water partition coefficient (Wildman–Crippen LogP) is -1.75. The van der Waals surface area contributed by atoms with Crippen LogP contribution >= 0.6 is 0 Å². The molecule has 0 aliphatic carbocycles. The lowest BCUT2D eigenvalue weighted by Gasteiger charge is -2.27. The predicted molar refractivity (Wildman–Crippen MR) is 98.4 cm³/mol. The first kappa shape index (κ1) is 19.5. The average Bonchev–Trinajstić information content (AvgIpc) is 3.03. The van der Waals surface area contributed by atoms with Crippen LogP contribution in [0.5, 0.6) is 0 Å². The summed E-state index contributed by atoms with van der Waals surface area (Å²) in [6.07, 6.45) is 0.169. The first-order valence-electron chi connectivity index (χ1n) is 9.45. The van der Waals surface area contributed by atoms with Crippen molar-refractivity contribution in [2.24, 2.45) is 0 Å². The standard InChI is InChI=1S/C18H23N3O6S/c22-17-13-16(19-5-9-26-10-6-19)18(23)21(17)14-1-3-15(4-2-14)28(24,25)20-7-11-27-12-8-20/h1-4,16H,5-13H2/p+1. The highest BCUT2D eigenvalue weighted by atomic mass is 32.2. The van der Waals surface area contributed by atoms with Gasteiger partial charge < -0.3 is 14.4 Å². The van der Waals surface area contributed by atoms with Crippen LogP contribution in [0.4, 0.5) is 5.69 Å². The van der Waals surface area contributed by atoms with Gasteiger partial charge in [-0.1, -0.05) is 0 Å². The molecule has 9 nitrogen and oxygen atoms in total. The van der Waals surface area contributed by atoms with E-state index < -0.39 is 16.1 Å². The number of rotatable bonds is 4. The van der Waals surface area contributed by atoms with Crippen molar-refractivity contribution in [2.45, 2.75) is 17.4 Å². The summed E-state index contributed by atoms with van der Waals surface area (Å²) >= 11 is 0. The van der Waals surface area contributed by atoms with Crippen LogP contribution in [0.2, 0.25) is 0 Å². The molecule has 10 heteroatoms. The Labute approximate surface area is 163 Å². The van der Waals surface area contributed by atoms with Crippen LogP contribution in [-0.2, 0) is 29.1 Å². The molecule has 0 radical (unpaired) electrons. The summed E-state index contributed by atoms with van der Waals surface area (Å²) < 4.78 is 37.3. The van der Waals surface area contributed by atoms with Gasteiger partial charge in [-0.2, -0.15) is 4.31 Å². The maximum atomic E-state index is 12.8. The third kappa shape index (κ3) is 3.58. The first-order chi connectivity index (χ1) is 13.5. The van der Waals surface area contributed by atoms with Crippen LogP contribution in [0, 0.1) is 0 Å². The number of carbonyl (C=O) groups excluding carboxylic acids is 2. The summed E-state index contributed by atoms with van der Waals surface area (Å²) in [4.78, 5) is 27.7. The van der Waals surface area contributed by atoms with E-state index in [2.05, 4.69) is 0 Å². The van der Waals surface area contributed by atoms with Gasteiger partial charge in [0.15, 0.2) is 6.04 Å². The minimum atomic E-state index is -3.61. The molecule has 1 aromatic rings. The molecule has 3 saturated heterocycles. The lowest BCUT2D eigenvalue weighted by molar-refractivity contribution is -0.922. The molecule has 0 spiro atoms. The number of nitrogens with one attached hydrogen (secondary N) is 1. The highest BCUT2D eigenvalue weighted by Crippen LogP contribution is 2.25. The molecule has 2 amide bonds. The molecule has 3 aliphatic heterocycles. The van der Waals surface area contributed by atoms with Crippen LogP contribution in [0.3, 0.4) is 0 Å². The summed E-state index contributed by atoms with van der Waals surface area (Å²) in [6.45, 7) is 3.96. The minimum Gasteiger partial charge on any atom is -0.379 e. The van der Waals surface area contributed by atoms with Crippen molar-refractivity contribution < 1.29 is 32.4 Å². The Morgan fingerprint density at radius 3 is 2.18 bits per heavy atom. The number of amides is 2. The van der Waals surface area contributed by atoms with E-state index in [1.54, 1.807) is 0 Å².